The summed E-state index contributed by atoms with van der Waals surface area (Å²) >= 11 is 0. The molecule has 1 heterocycles. The van der Waals surface area contributed by atoms with Crippen LogP contribution in [0.4, 0.5) is 0 Å². The van der Waals surface area contributed by atoms with Crippen molar-refractivity contribution in [3.63, 3.8) is 0 Å². The number of aldehydes is 1. The summed E-state index contributed by atoms with van der Waals surface area (Å²) in [6, 6.07) is 0. The maximum atomic E-state index is 11.5. The van der Waals surface area contributed by atoms with Crippen molar-refractivity contribution in [3.8, 4) is 0 Å². The summed E-state index contributed by atoms with van der Waals surface area (Å²) in [6.07, 6.45) is 1.67. The van der Waals surface area contributed by atoms with Gasteiger partial charge in [-0.3, -0.25) is 4.79 Å². The monoisotopic (exact) mass is 196 g/mol. The fourth-order valence-electron chi connectivity index (χ4n) is 3.54. The third-order valence-corrected chi connectivity index (χ3v) is 4.04. The molecule has 0 aromatic carbocycles. The summed E-state index contributed by atoms with van der Waals surface area (Å²) in [5, 5.41) is 0. The quantitative estimate of drug-likeness (QED) is 0.461. The smallest absolute Gasteiger partial charge is 0.310 e. The minimum atomic E-state index is -0.195. The molecule has 3 rings (SSSR count). The van der Waals surface area contributed by atoms with Crippen molar-refractivity contribution in [1.29, 1.82) is 0 Å². The third kappa shape index (κ3) is 0.741. The Morgan fingerprint density at radius 2 is 2.29 bits per heavy atom. The van der Waals surface area contributed by atoms with Crippen LogP contribution in [0.15, 0.2) is 0 Å². The highest BCUT2D eigenvalue weighted by Crippen LogP contribution is 2.57. The summed E-state index contributed by atoms with van der Waals surface area (Å²) in [6.45, 7) is 0. The molecule has 4 heteroatoms. The van der Waals surface area contributed by atoms with Crippen molar-refractivity contribution in [2.45, 2.75) is 18.6 Å². The molecule has 14 heavy (non-hydrogen) atoms. The molecule has 2 saturated carbocycles. The van der Waals surface area contributed by atoms with E-state index in [1.54, 1.807) is 7.11 Å². The minimum absolute atomic E-state index is 0.0575. The van der Waals surface area contributed by atoms with Crippen LogP contribution in [0.2, 0.25) is 0 Å². The molecule has 1 saturated heterocycles. The summed E-state index contributed by atoms with van der Waals surface area (Å²) in [7, 11) is 1.62. The third-order valence-electron chi connectivity index (χ3n) is 4.04. The van der Waals surface area contributed by atoms with E-state index in [0.717, 1.165) is 12.7 Å². The van der Waals surface area contributed by atoms with Crippen LogP contribution in [0.5, 0.6) is 0 Å². The molecular weight excluding hydrogens is 184 g/mol. The number of hydrogen-bond acceptors (Lipinski definition) is 4. The molecule has 76 valence electrons. The van der Waals surface area contributed by atoms with Crippen LogP contribution >= 0.6 is 0 Å². The van der Waals surface area contributed by atoms with Gasteiger partial charge in [0.25, 0.3) is 0 Å². The Morgan fingerprint density at radius 1 is 1.50 bits per heavy atom. The zero-order valence-corrected chi connectivity index (χ0v) is 7.88. The van der Waals surface area contributed by atoms with Gasteiger partial charge in [-0.25, -0.2) is 0 Å². The predicted molar refractivity (Wildman–Crippen MR) is 45.3 cm³/mol. The van der Waals surface area contributed by atoms with Gasteiger partial charge < -0.3 is 14.3 Å². The highest BCUT2D eigenvalue weighted by Gasteiger charge is 2.66. The molecule has 1 aliphatic heterocycles. The van der Waals surface area contributed by atoms with Gasteiger partial charge in [0, 0.05) is 18.9 Å². The lowest BCUT2D eigenvalue weighted by molar-refractivity contribution is -0.146. The molecule has 0 spiro atoms. The highest BCUT2D eigenvalue weighted by atomic mass is 16.6. The molecular formula is C10H12O4. The van der Waals surface area contributed by atoms with E-state index < -0.39 is 0 Å². The lowest BCUT2D eigenvalue weighted by Crippen LogP contribution is -2.39. The van der Waals surface area contributed by atoms with Crippen molar-refractivity contribution in [1.82, 2.24) is 0 Å². The second kappa shape index (κ2) is 2.57. The van der Waals surface area contributed by atoms with Gasteiger partial charge in [-0.15, -0.1) is 0 Å². The van der Waals surface area contributed by atoms with E-state index in [4.69, 9.17) is 9.47 Å². The topological polar surface area (TPSA) is 52.6 Å². The lowest BCUT2D eigenvalue weighted by atomic mass is 9.79. The van der Waals surface area contributed by atoms with Crippen LogP contribution < -0.4 is 0 Å². The fraction of sp³-hybridized carbons (Fsp3) is 0.800. The first-order valence-electron chi connectivity index (χ1n) is 4.96. The number of carbonyl (C=O) groups is 2. The van der Waals surface area contributed by atoms with Crippen molar-refractivity contribution in [2.75, 3.05) is 7.11 Å². The van der Waals surface area contributed by atoms with E-state index in [1.165, 1.54) is 0 Å². The maximum absolute atomic E-state index is 11.5. The average Bonchev–Trinajstić information content (AvgIpc) is 2.75. The number of ether oxygens (including phenoxy) is 2. The first kappa shape index (κ1) is 8.41. The number of hydrogen-bond donors (Lipinski definition) is 0. The molecule has 0 radical (unpaired) electrons. The van der Waals surface area contributed by atoms with Gasteiger partial charge >= 0.3 is 5.97 Å². The van der Waals surface area contributed by atoms with Gasteiger partial charge in [-0.1, -0.05) is 0 Å². The number of carbonyl (C=O) groups excluding carboxylic acids is 2. The summed E-state index contributed by atoms with van der Waals surface area (Å²) in [5.41, 5.74) is 0. The van der Waals surface area contributed by atoms with Crippen LogP contribution in [0.25, 0.3) is 0 Å². The van der Waals surface area contributed by atoms with E-state index in [1.807, 2.05) is 0 Å². The molecule has 4 nitrogen and oxygen atoms in total. The largest absolute Gasteiger partial charge is 0.459 e. The Labute approximate surface area is 81.6 Å². The molecule has 6 unspecified atom stereocenters. The molecule has 2 bridgehead atoms. The highest BCUT2D eigenvalue weighted by molar-refractivity contribution is 5.81. The number of methoxy groups -OCH3 is 1. The van der Waals surface area contributed by atoms with E-state index in [-0.39, 0.29) is 41.8 Å². The first-order valence-corrected chi connectivity index (χ1v) is 4.96. The van der Waals surface area contributed by atoms with Crippen LogP contribution in [0.1, 0.15) is 6.42 Å². The van der Waals surface area contributed by atoms with Gasteiger partial charge in [0.1, 0.15) is 12.4 Å². The Hall–Kier alpha value is -0.900. The summed E-state index contributed by atoms with van der Waals surface area (Å²) < 4.78 is 10.6. The van der Waals surface area contributed by atoms with Crippen LogP contribution in [-0.2, 0) is 19.1 Å². The second-order valence-electron chi connectivity index (χ2n) is 4.40. The summed E-state index contributed by atoms with van der Waals surface area (Å²) in [5.74, 6) is -0.110. The Morgan fingerprint density at radius 3 is 2.93 bits per heavy atom. The SMILES string of the molecule is COC1C2CC3C1OC(=O)C3C2C=O. The van der Waals surface area contributed by atoms with E-state index in [2.05, 4.69) is 0 Å². The molecule has 0 amide bonds. The average molecular weight is 196 g/mol. The van der Waals surface area contributed by atoms with Gasteiger partial charge in [0.15, 0.2) is 0 Å². The van der Waals surface area contributed by atoms with Gasteiger partial charge in [-0.2, -0.15) is 0 Å². The van der Waals surface area contributed by atoms with E-state index in [9.17, 15) is 9.59 Å². The number of esters is 1. The Bertz CT molecular complexity index is 300. The van der Waals surface area contributed by atoms with Crippen molar-refractivity contribution in [3.05, 3.63) is 0 Å². The molecule has 0 aromatic rings. The molecule has 2 aliphatic carbocycles. The second-order valence-corrected chi connectivity index (χ2v) is 4.40. The molecule has 6 atom stereocenters. The standard InChI is InChI=1S/C10H12O4/c1-13-8-4-2-5-7(6(4)3-11)10(12)14-9(5)8/h3-9H,2H2,1H3. The molecule has 0 aromatic heterocycles. The number of rotatable bonds is 2. The zero-order valence-electron chi connectivity index (χ0n) is 7.88. The van der Waals surface area contributed by atoms with Crippen LogP contribution in [0.3, 0.4) is 0 Å². The van der Waals surface area contributed by atoms with Crippen LogP contribution in [-0.4, -0.2) is 31.6 Å². The van der Waals surface area contributed by atoms with Gasteiger partial charge in [0.05, 0.1) is 12.0 Å². The van der Waals surface area contributed by atoms with Crippen molar-refractivity contribution < 1.29 is 19.1 Å². The first-order chi connectivity index (χ1) is 6.77. The molecule has 0 N–H and O–H groups in total. The van der Waals surface area contributed by atoms with Crippen molar-refractivity contribution >= 4 is 12.3 Å². The number of fused-ring (bicyclic) bond motifs is 1. The Balaban J connectivity index is 2.01. The fourth-order valence-corrected chi connectivity index (χ4v) is 3.54. The maximum Gasteiger partial charge on any atom is 0.310 e. The molecule has 3 aliphatic rings. The predicted octanol–water partition coefficient (Wildman–Crippen LogP) is 0.00780. The van der Waals surface area contributed by atoms with Crippen LogP contribution in [0, 0.1) is 23.7 Å². The normalized spacial score (nSPS) is 53.6. The zero-order chi connectivity index (χ0) is 9.87. The van der Waals surface area contributed by atoms with E-state index >= 15 is 0 Å². The van der Waals surface area contributed by atoms with Crippen molar-refractivity contribution in [2.24, 2.45) is 23.7 Å². The Kier molecular flexibility index (Phi) is 1.54. The summed E-state index contributed by atoms with van der Waals surface area (Å²) in [4.78, 5) is 22.4. The van der Waals surface area contributed by atoms with E-state index in [0.29, 0.717) is 0 Å². The van der Waals surface area contributed by atoms with Gasteiger partial charge in [-0.05, 0) is 12.3 Å². The van der Waals surface area contributed by atoms with Gasteiger partial charge in [0.2, 0.25) is 0 Å². The lowest BCUT2D eigenvalue weighted by Gasteiger charge is -2.27. The minimum Gasteiger partial charge on any atom is -0.459 e. The molecule has 3 fully saturated rings.